The Kier molecular flexibility index (Phi) is 3.47. The molecule has 0 unspecified atom stereocenters. The minimum atomic E-state index is -0.413. The van der Waals surface area contributed by atoms with Crippen LogP contribution in [0, 0.1) is 5.82 Å². The molecule has 0 fully saturated rings. The summed E-state index contributed by atoms with van der Waals surface area (Å²) in [7, 11) is 2.98. The number of rotatable bonds is 4. The van der Waals surface area contributed by atoms with Crippen LogP contribution in [-0.4, -0.2) is 24.4 Å². The van der Waals surface area contributed by atoms with Crippen LogP contribution in [0.15, 0.2) is 18.3 Å². The van der Waals surface area contributed by atoms with E-state index in [-0.39, 0.29) is 6.61 Å². The Morgan fingerprint density at radius 2 is 2.11 bits per heavy atom. The smallest absolute Gasteiger partial charge is 0.140 e. The summed E-state index contributed by atoms with van der Waals surface area (Å²) in [6.45, 7) is 0.126. The van der Waals surface area contributed by atoms with Gasteiger partial charge in [0.05, 0.1) is 25.5 Å². The first-order valence-electron chi connectivity index (χ1n) is 5.32. The highest BCUT2D eigenvalue weighted by Gasteiger charge is 2.17. The van der Waals surface area contributed by atoms with Gasteiger partial charge in [-0.2, -0.15) is 5.10 Å². The average molecular weight is 251 g/mol. The topological polar surface area (TPSA) is 73.2 Å². The van der Waals surface area contributed by atoms with E-state index in [1.165, 1.54) is 20.4 Å². The maximum absolute atomic E-state index is 14.4. The summed E-state index contributed by atoms with van der Waals surface area (Å²) in [5.74, 6) is 0.354. The number of nitrogens with two attached hydrogens (primary N) is 1. The van der Waals surface area contributed by atoms with Crippen LogP contribution in [0.3, 0.4) is 0 Å². The van der Waals surface area contributed by atoms with Gasteiger partial charge >= 0.3 is 0 Å². The van der Waals surface area contributed by atoms with Crippen molar-refractivity contribution in [3.8, 4) is 16.9 Å². The lowest BCUT2D eigenvalue weighted by Gasteiger charge is -2.12. The minimum Gasteiger partial charge on any atom is -0.496 e. The van der Waals surface area contributed by atoms with Gasteiger partial charge < -0.3 is 15.2 Å². The van der Waals surface area contributed by atoms with Crippen molar-refractivity contribution in [3.05, 3.63) is 29.7 Å². The zero-order chi connectivity index (χ0) is 13.1. The number of aromatic nitrogens is 2. The van der Waals surface area contributed by atoms with Crippen LogP contribution in [-0.2, 0) is 11.3 Å². The summed E-state index contributed by atoms with van der Waals surface area (Å²) < 4.78 is 24.5. The second-order valence-corrected chi connectivity index (χ2v) is 3.74. The van der Waals surface area contributed by atoms with Crippen LogP contribution in [0.4, 0.5) is 10.2 Å². The molecular formula is C12H14FN3O2. The number of nitrogens with one attached hydrogen (secondary N) is 1. The van der Waals surface area contributed by atoms with Gasteiger partial charge in [0.1, 0.15) is 17.4 Å². The van der Waals surface area contributed by atoms with Crippen LogP contribution >= 0.6 is 0 Å². The normalized spacial score (nSPS) is 10.6. The van der Waals surface area contributed by atoms with Crippen molar-refractivity contribution in [2.24, 2.45) is 0 Å². The Morgan fingerprint density at radius 1 is 1.33 bits per heavy atom. The molecule has 18 heavy (non-hydrogen) atoms. The van der Waals surface area contributed by atoms with Gasteiger partial charge in [-0.15, -0.1) is 0 Å². The first-order valence-corrected chi connectivity index (χ1v) is 5.32. The third kappa shape index (κ3) is 2.02. The highest BCUT2D eigenvalue weighted by molar-refractivity contribution is 5.74. The molecule has 0 radical (unpaired) electrons. The summed E-state index contributed by atoms with van der Waals surface area (Å²) in [5.41, 5.74) is 6.94. The van der Waals surface area contributed by atoms with Gasteiger partial charge in [0.2, 0.25) is 0 Å². The van der Waals surface area contributed by atoms with E-state index >= 15 is 0 Å². The number of aromatic amines is 1. The van der Waals surface area contributed by atoms with Crippen LogP contribution in [0.5, 0.6) is 5.75 Å². The largest absolute Gasteiger partial charge is 0.496 e. The quantitative estimate of drug-likeness (QED) is 0.871. The molecule has 0 saturated heterocycles. The summed E-state index contributed by atoms with van der Waals surface area (Å²) in [6, 6.07) is 3.29. The number of anilines is 1. The molecule has 3 N–H and O–H groups in total. The van der Waals surface area contributed by atoms with Gasteiger partial charge in [-0.3, -0.25) is 5.10 Å². The number of methoxy groups -OCH3 is 2. The molecule has 0 atom stereocenters. The van der Waals surface area contributed by atoms with Gasteiger partial charge in [0.15, 0.2) is 0 Å². The SMILES string of the molecule is COCc1c(OC)ccc(-c2cn[nH]c2N)c1F. The number of nitrogens with zero attached hydrogens (tertiary/aromatic N) is 1. The second kappa shape index (κ2) is 5.05. The predicted octanol–water partition coefficient (Wildman–Crippen LogP) is 1.95. The fourth-order valence-corrected chi connectivity index (χ4v) is 1.79. The van der Waals surface area contributed by atoms with Crippen molar-refractivity contribution >= 4 is 5.82 Å². The molecule has 2 rings (SSSR count). The van der Waals surface area contributed by atoms with Crippen molar-refractivity contribution in [2.75, 3.05) is 20.0 Å². The molecule has 96 valence electrons. The number of ether oxygens (including phenoxy) is 2. The number of hydrogen-bond acceptors (Lipinski definition) is 4. The van der Waals surface area contributed by atoms with E-state index in [0.29, 0.717) is 28.3 Å². The summed E-state index contributed by atoms with van der Waals surface area (Å²) >= 11 is 0. The molecular weight excluding hydrogens is 237 g/mol. The molecule has 1 aromatic carbocycles. The van der Waals surface area contributed by atoms with E-state index in [0.717, 1.165) is 0 Å². The van der Waals surface area contributed by atoms with E-state index in [1.807, 2.05) is 0 Å². The van der Waals surface area contributed by atoms with Crippen LogP contribution in [0.1, 0.15) is 5.56 Å². The molecule has 0 saturated carbocycles. The summed E-state index contributed by atoms with van der Waals surface area (Å²) in [6.07, 6.45) is 1.48. The highest BCUT2D eigenvalue weighted by atomic mass is 19.1. The minimum absolute atomic E-state index is 0.126. The van der Waals surface area contributed by atoms with E-state index in [1.54, 1.807) is 12.1 Å². The van der Waals surface area contributed by atoms with Crippen molar-refractivity contribution in [1.29, 1.82) is 0 Å². The molecule has 1 heterocycles. The number of benzene rings is 1. The van der Waals surface area contributed by atoms with Crippen LogP contribution < -0.4 is 10.5 Å². The number of nitrogen functional groups attached to an aromatic ring is 1. The number of hydrogen-bond donors (Lipinski definition) is 2. The van der Waals surface area contributed by atoms with Gasteiger partial charge in [0.25, 0.3) is 0 Å². The van der Waals surface area contributed by atoms with Gasteiger partial charge in [-0.1, -0.05) is 0 Å². The summed E-state index contributed by atoms with van der Waals surface area (Å²) in [4.78, 5) is 0. The zero-order valence-electron chi connectivity index (χ0n) is 10.2. The van der Waals surface area contributed by atoms with Gasteiger partial charge in [-0.05, 0) is 12.1 Å². The number of H-pyrrole nitrogens is 1. The lowest BCUT2D eigenvalue weighted by Crippen LogP contribution is -2.00. The van der Waals surface area contributed by atoms with E-state index < -0.39 is 5.82 Å². The van der Waals surface area contributed by atoms with Crippen molar-refractivity contribution in [2.45, 2.75) is 6.61 Å². The Labute approximate surface area is 104 Å². The zero-order valence-corrected chi connectivity index (χ0v) is 10.2. The molecule has 0 bridgehead atoms. The highest BCUT2D eigenvalue weighted by Crippen LogP contribution is 2.33. The fourth-order valence-electron chi connectivity index (χ4n) is 1.79. The molecule has 0 aliphatic rings. The van der Waals surface area contributed by atoms with Gasteiger partial charge in [-0.25, -0.2) is 4.39 Å². The first kappa shape index (κ1) is 12.4. The second-order valence-electron chi connectivity index (χ2n) is 3.74. The average Bonchev–Trinajstić information content (AvgIpc) is 2.78. The monoisotopic (exact) mass is 251 g/mol. The van der Waals surface area contributed by atoms with E-state index in [4.69, 9.17) is 15.2 Å². The van der Waals surface area contributed by atoms with E-state index in [9.17, 15) is 4.39 Å². The molecule has 6 heteroatoms. The summed E-state index contributed by atoms with van der Waals surface area (Å²) in [5, 5.41) is 6.35. The Balaban J connectivity index is 2.57. The van der Waals surface area contributed by atoms with Crippen molar-refractivity contribution in [1.82, 2.24) is 10.2 Å². The van der Waals surface area contributed by atoms with Crippen molar-refractivity contribution in [3.63, 3.8) is 0 Å². The molecule has 1 aromatic heterocycles. The Bertz CT molecular complexity index is 554. The van der Waals surface area contributed by atoms with Gasteiger partial charge in [0, 0.05) is 18.2 Å². The maximum atomic E-state index is 14.4. The molecule has 0 aliphatic heterocycles. The van der Waals surface area contributed by atoms with E-state index in [2.05, 4.69) is 10.2 Å². The Hall–Kier alpha value is -2.08. The van der Waals surface area contributed by atoms with Crippen molar-refractivity contribution < 1.29 is 13.9 Å². The predicted molar refractivity (Wildman–Crippen MR) is 65.7 cm³/mol. The molecule has 2 aromatic rings. The molecule has 0 spiro atoms. The molecule has 0 aliphatic carbocycles. The standard InChI is InChI=1S/C12H14FN3O2/c1-17-6-9-10(18-2)4-3-7(11(9)13)8-5-15-16-12(8)14/h3-5H,6H2,1-2H3,(H3,14,15,16). The molecule has 0 amide bonds. The Morgan fingerprint density at radius 3 is 2.67 bits per heavy atom. The lowest BCUT2D eigenvalue weighted by molar-refractivity contribution is 0.178. The third-order valence-electron chi connectivity index (χ3n) is 2.67. The van der Waals surface area contributed by atoms with Crippen LogP contribution in [0.25, 0.3) is 11.1 Å². The maximum Gasteiger partial charge on any atom is 0.140 e. The fraction of sp³-hybridized carbons (Fsp3) is 0.250. The lowest BCUT2D eigenvalue weighted by atomic mass is 10.0. The third-order valence-corrected chi connectivity index (χ3v) is 2.67. The molecule has 5 nitrogen and oxygen atoms in total. The number of halogens is 1. The first-order chi connectivity index (χ1) is 8.69. The van der Waals surface area contributed by atoms with Crippen LogP contribution in [0.2, 0.25) is 0 Å².